The molecule has 3 fully saturated rings. The zero-order valence-electron chi connectivity index (χ0n) is 18.9. The molecule has 3 aliphatic rings. The lowest BCUT2D eigenvalue weighted by Gasteiger charge is -2.41. The molecule has 0 bridgehead atoms. The number of benzene rings is 2. The van der Waals surface area contributed by atoms with Gasteiger partial charge < -0.3 is 15.1 Å². The first kappa shape index (κ1) is 21.9. The van der Waals surface area contributed by atoms with Crippen molar-refractivity contribution >= 4 is 17.5 Å². The predicted octanol–water partition coefficient (Wildman–Crippen LogP) is 2.34. The van der Waals surface area contributed by atoms with Crippen LogP contribution in [0, 0.1) is 11.3 Å². The van der Waals surface area contributed by atoms with Crippen LogP contribution < -0.4 is 15.7 Å². The number of piperazine rings is 1. The van der Waals surface area contributed by atoms with Gasteiger partial charge in [0, 0.05) is 38.4 Å². The summed E-state index contributed by atoms with van der Waals surface area (Å²) >= 11 is 0. The lowest BCUT2D eigenvalue weighted by molar-refractivity contribution is -0.148. The standard InChI is InChI=1S/C26H32N4O3/c31-24(28-33-18-20-7-3-1-4-8-20)22-17-26(11-12-26)19-27-23(22)25(32)30-15-13-29(14-16-30)21-9-5-2-6-10-21/h1-10,22-23,27H,11-19H2,(H,28,31). The molecule has 2 heterocycles. The van der Waals surface area contributed by atoms with Gasteiger partial charge in [0.05, 0.1) is 18.6 Å². The Morgan fingerprint density at radius 2 is 1.64 bits per heavy atom. The Morgan fingerprint density at radius 1 is 0.970 bits per heavy atom. The number of carbonyl (C=O) groups excluding carboxylic acids is 2. The molecule has 2 N–H and O–H groups in total. The third-order valence-electron chi connectivity index (χ3n) is 7.28. The maximum absolute atomic E-state index is 13.5. The van der Waals surface area contributed by atoms with E-state index in [1.807, 2.05) is 53.4 Å². The molecular formula is C26H32N4O3. The van der Waals surface area contributed by atoms with Crippen molar-refractivity contribution in [1.82, 2.24) is 15.7 Å². The summed E-state index contributed by atoms with van der Waals surface area (Å²) in [5.41, 5.74) is 4.97. The fourth-order valence-corrected chi connectivity index (χ4v) is 5.05. The molecule has 2 aromatic rings. The van der Waals surface area contributed by atoms with E-state index in [2.05, 4.69) is 27.8 Å². The average Bonchev–Trinajstić information content (AvgIpc) is 3.63. The van der Waals surface area contributed by atoms with E-state index in [0.717, 1.165) is 44.5 Å². The third-order valence-corrected chi connectivity index (χ3v) is 7.28. The van der Waals surface area contributed by atoms with Crippen LogP contribution in [0.3, 0.4) is 0 Å². The summed E-state index contributed by atoms with van der Waals surface area (Å²) in [6.07, 6.45) is 2.97. The Bertz CT molecular complexity index is 956. The van der Waals surface area contributed by atoms with Gasteiger partial charge in [0.1, 0.15) is 0 Å². The Labute approximate surface area is 195 Å². The normalized spacial score (nSPS) is 23.9. The first-order valence-corrected chi connectivity index (χ1v) is 11.9. The second-order valence-electron chi connectivity index (χ2n) is 9.56. The maximum atomic E-state index is 13.5. The van der Waals surface area contributed by atoms with Crippen LogP contribution in [-0.4, -0.2) is 55.5 Å². The van der Waals surface area contributed by atoms with Crippen LogP contribution in [0.4, 0.5) is 5.69 Å². The molecule has 7 heteroatoms. The molecule has 2 aliphatic heterocycles. The van der Waals surface area contributed by atoms with Gasteiger partial charge in [-0.1, -0.05) is 48.5 Å². The number of hydroxylamine groups is 1. The first-order chi connectivity index (χ1) is 16.1. The van der Waals surface area contributed by atoms with Gasteiger partial charge in [-0.2, -0.15) is 0 Å². The SMILES string of the molecule is O=C(NOCc1ccccc1)C1CC2(CC2)CNC1C(=O)N1CCN(c2ccccc2)CC1. The largest absolute Gasteiger partial charge is 0.368 e. The Kier molecular flexibility index (Phi) is 6.33. The highest BCUT2D eigenvalue weighted by molar-refractivity contribution is 5.90. The summed E-state index contributed by atoms with van der Waals surface area (Å²) in [5, 5.41) is 3.43. The average molecular weight is 449 g/mol. The molecule has 5 rings (SSSR count). The molecule has 2 amide bonds. The number of amides is 2. The molecular weight excluding hydrogens is 416 g/mol. The zero-order chi connectivity index (χ0) is 22.7. The first-order valence-electron chi connectivity index (χ1n) is 11.9. The topological polar surface area (TPSA) is 73.9 Å². The minimum Gasteiger partial charge on any atom is -0.368 e. The van der Waals surface area contributed by atoms with E-state index in [-0.39, 0.29) is 17.2 Å². The number of nitrogens with one attached hydrogen (secondary N) is 2. The Hall–Kier alpha value is -2.90. The van der Waals surface area contributed by atoms with E-state index >= 15 is 0 Å². The monoisotopic (exact) mass is 448 g/mol. The molecule has 2 atom stereocenters. The minimum atomic E-state index is -0.500. The predicted molar refractivity (Wildman–Crippen MR) is 126 cm³/mol. The highest BCUT2D eigenvalue weighted by Gasteiger charge is 2.52. The fourth-order valence-electron chi connectivity index (χ4n) is 5.05. The Balaban J connectivity index is 1.19. The van der Waals surface area contributed by atoms with Crippen LogP contribution in [0.1, 0.15) is 24.8 Å². The molecule has 1 spiro atoms. The molecule has 2 aromatic carbocycles. The summed E-state index contributed by atoms with van der Waals surface area (Å²) in [6.45, 7) is 4.03. The number of anilines is 1. The smallest absolute Gasteiger partial charge is 0.248 e. The van der Waals surface area contributed by atoms with E-state index in [9.17, 15) is 9.59 Å². The summed E-state index contributed by atoms with van der Waals surface area (Å²) in [6, 6.07) is 19.5. The molecule has 174 valence electrons. The van der Waals surface area contributed by atoms with Crippen LogP contribution in [-0.2, 0) is 21.0 Å². The van der Waals surface area contributed by atoms with Gasteiger partial charge in [-0.15, -0.1) is 0 Å². The number of rotatable bonds is 6. The summed E-state index contributed by atoms with van der Waals surface area (Å²) in [7, 11) is 0. The van der Waals surface area contributed by atoms with Crippen LogP contribution >= 0.6 is 0 Å². The zero-order valence-corrected chi connectivity index (χ0v) is 18.9. The van der Waals surface area contributed by atoms with Gasteiger partial charge in [-0.3, -0.25) is 14.4 Å². The lowest BCUT2D eigenvalue weighted by atomic mass is 9.81. The van der Waals surface area contributed by atoms with Gasteiger partial charge in [0.25, 0.3) is 0 Å². The van der Waals surface area contributed by atoms with Gasteiger partial charge >= 0.3 is 0 Å². The van der Waals surface area contributed by atoms with Crippen molar-refractivity contribution in [1.29, 1.82) is 0 Å². The minimum absolute atomic E-state index is 0.0291. The van der Waals surface area contributed by atoms with E-state index in [1.54, 1.807) is 0 Å². The van der Waals surface area contributed by atoms with Crippen molar-refractivity contribution in [2.75, 3.05) is 37.6 Å². The highest BCUT2D eigenvalue weighted by atomic mass is 16.6. The molecule has 7 nitrogen and oxygen atoms in total. The molecule has 1 saturated carbocycles. The second kappa shape index (κ2) is 9.53. The van der Waals surface area contributed by atoms with Crippen molar-refractivity contribution in [3.63, 3.8) is 0 Å². The maximum Gasteiger partial charge on any atom is 0.248 e. The number of piperidine rings is 1. The number of nitrogens with zero attached hydrogens (tertiary/aromatic N) is 2. The highest BCUT2D eigenvalue weighted by Crippen LogP contribution is 2.52. The molecule has 0 radical (unpaired) electrons. The Morgan fingerprint density at radius 3 is 2.30 bits per heavy atom. The van der Waals surface area contributed by atoms with E-state index in [4.69, 9.17) is 4.84 Å². The van der Waals surface area contributed by atoms with Gasteiger partial charge in [0.2, 0.25) is 11.8 Å². The van der Waals surface area contributed by atoms with Gasteiger partial charge in [-0.25, -0.2) is 5.48 Å². The van der Waals surface area contributed by atoms with Gasteiger partial charge in [0.15, 0.2) is 0 Å². The summed E-state index contributed by atoms with van der Waals surface area (Å²) in [4.78, 5) is 36.3. The number of hydrogen-bond acceptors (Lipinski definition) is 5. The van der Waals surface area contributed by atoms with Crippen LogP contribution in [0.25, 0.3) is 0 Å². The van der Waals surface area contributed by atoms with E-state index < -0.39 is 12.0 Å². The number of para-hydroxylation sites is 1. The summed E-state index contributed by atoms with van der Waals surface area (Å²) < 4.78 is 0. The quantitative estimate of drug-likeness (QED) is 0.664. The van der Waals surface area contributed by atoms with Crippen molar-refractivity contribution < 1.29 is 14.4 Å². The molecule has 1 aliphatic carbocycles. The number of hydrogen-bond donors (Lipinski definition) is 2. The van der Waals surface area contributed by atoms with Crippen LogP contribution in [0.2, 0.25) is 0 Å². The third kappa shape index (κ3) is 5.04. The lowest BCUT2D eigenvalue weighted by Crippen LogP contribution is -2.61. The molecule has 2 saturated heterocycles. The summed E-state index contributed by atoms with van der Waals surface area (Å²) in [5.74, 6) is -0.594. The van der Waals surface area contributed by atoms with E-state index in [1.165, 1.54) is 5.69 Å². The van der Waals surface area contributed by atoms with Crippen molar-refractivity contribution in [2.45, 2.75) is 31.9 Å². The second-order valence-corrected chi connectivity index (χ2v) is 9.56. The van der Waals surface area contributed by atoms with Crippen molar-refractivity contribution in [3.05, 3.63) is 66.2 Å². The fraction of sp³-hybridized carbons (Fsp3) is 0.462. The molecule has 0 aromatic heterocycles. The van der Waals surface area contributed by atoms with Crippen LogP contribution in [0.5, 0.6) is 0 Å². The molecule has 2 unspecified atom stereocenters. The molecule has 33 heavy (non-hydrogen) atoms. The number of carbonyl (C=O) groups is 2. The van der Waals surface area contributed by atoms with Gasteiger partial charge in [-0.05, 0) is 42.4 Å². The van der Waals surface area contributed by atoms with Crippen molar-refractivity contribution in [3.8, 4) is 0 Å². The van der Waals surface area contributed by atoms with Crippen molar-refractivity contribution in [2.24, 2.45) is 11.3 Å². The van der Waals surface area contributed by atoms with Crippen LogP contribution in [0.15, 0.2) is 60.7 Å². The van der Waals surface area contributed by atoms with E-state index in [0.29, 0.717) is 19.7 Å².